The van der Waals surface area contributed by atoms with Gasteiger partial charge in [-0.25, -0.2) is 4.68 Å². The average molecular weight is 383 g/mol. The van der Waals surface area contributed by atoms with E-state index in [2.05, 4.69) is 10.00 Å². The van der Waals surface area contributed by atoms with Gasteiger partial charge in [0.1, 0.15) is 0 Å². The van der Waals surface area contributed by atoms with Crippen molar-refractivity contribution in [2.75, 3.05) is 45.8 Å². The average Bonchev–Trinajstić information content (AvgIpc) is 3.11. The van der Waals surface area contributed by atoms with Crippen molar-refractivity contribution in [2.45, 2.75) is 20.8 Å². The van der Waals surface area contributed by atoms with Crippen LogP contribution in [0.25, 0.3) is 5.69 Å². The van der Waals surface area contributed by atoms with Gasteiger partial charge in [0.15, 0.2) is 5.69 Å². The minimum atomic E-state index is -0.0486. The molecule has 3 rings (SSSR count). The van der Waals surface area contributed by atoms with Crippen molar-refractivity contribution in [2.24, 2.45) is 0 Å². The fraction of sp³-hybridized carbons (Fsp3) is 0.476. The number of nitrogens with zero attached hydrogens (tertiary/aromatic N) is 5. The highest BCUT2D eigenvalue weighted by Crippen LogP contribution is 2.14. The van der Waals surface area contributed by atoms with Crippen molar-refractivity contribution < 1.29 is 9.59 Å². The van der Waals surface area contributed by atoms with Crippen LogP contribution >= 0.6 is 0 Å². The van der Waals surface area contributed by atoms with Gasteiger partial charge in [0.25, 0.3) is 5.91 Å². The maximum atomic E-state index is 12.9. The number of para-hydroxylation sites is 1. The number of hydrogen-bond donors (Lipinski definition) is 0. The molecule has 0 aliphatic carbocycles. The molecule has 2 aromatic rings. The van der Waals surface area contributed by atoms with Gasteiger partial charge in [-0.05, 0) is 39.0 Å². The first kappa shape index (κ1) is 20.1. The minimum Gasteiger partial charge on any atom is -0.342 e. The van der Waals surface area contributed by atoms with Crippen LogP contribution in [0.5, 0.6) is 0 Å². The van der Waals surface area contributed by atoms with Crippen LogP contribution in [0.4, 0.5) is 0 Å². The van der Waals surface area contributed by atoms with Crippen LogP contribution in [0.2, 0.25) is 0 Å². The largest absolute Gasteiger partial charge is 0.342 e. The molecule has 7 heteroatoms. The summed E-state index contributed by atoms with van der Waals surface area (Å²) in [5.74, 6) is 0.106. The Bertz CT molecular complexity index is 805. The van der Waals surface area contributed by atoms with Crippen molar-refractivity contribution in [3.8, 4) is 5.69 Å². The smallest absolute Gasteiger partial charge is 0.274 e. The van der Waals surface area contributed by atoms with Gasteiger partial charge >= 0.3 is 0 Å². The number of aryl methyl sites for hydroxylation is 1. The Balaban J connectivity index is 1.59. The predicted molar refractivity (Wildman–Crippen MR) is 109 cm³/mol. The monoisotopic (exact) mass is 383 g/mol. The summed E-state index contributed by atoms with van der Waals surface area (Å²) in [6.45, 7) is 10.5. The Morgan fingerprint density at radius 1 is 1.04 bits per heavy atom. The lowest BCUT2D eigenvalue weighted by Crippen LogP contribution is -2.51. The Kier molecular flexibility index (Phi) is 6.46. The van der Waals surface area contributed by atoms with Crippen molar-refractivity contribution in [1.29, 1.82) is 0 Å². The molecule has 2 amide bonds. The van der Waals surface area contributed by atoms with E-state index >= 15 is 0 Å². The topological polar surface area (TPSA) is 61.7 Å². The molecule has 0 unspecified atom stereocenters. The number of benzene rings is 1. The second-order valence-electron chi connectivity index (χ2n) is 7.05. The highest BCUT2D eigenvalue weighted by Gasteiger charge is 2.26. The van der Waals surface area contributed by atoms with Gasteiger partial charge in [0, 0.05) is 45.0 Å². The molecule has 1 aromatic heterocycles. The number of amides is 2. The zero-order valence-electron chi connectivity index (χ0n) is 17.0. The van der Waals surface area contributed by atoms with Gasteiger partial charge < -0.3 is 9.80 Å². The lowest BCUT2D eigenvalue weighted by Gasteiger charge is -2.34. The minimum absolute atomic E-state index is 0.0486. The zero-order valence-corrected chi connectivity index (χ0v) is 17.0. The SMILES string of the molecule is CCN(CC)C(=O)CN1CCN(C(=O)c2cc(C)n(-c3ccccc3)n2)CC1. The summed E-state index contributed by atoms with van der Waals surface area (Å²) in [5, 5.41) is 4.52. The highest BCUT2D eigenvalue weighted by atomic mass is 16.2. The Hall–Kier alpha value is -2.67. The van der Waals surface area contributed by atoms with E-state index < -0.39 is 0 Å². The molecule has 0 atom stereocenters. The van der Waals surface area contributed by atoms with Crippen molar-refractivity contribution in [3.05, 3.63) is 47.8 Å². The molecular weight excluding hydrogens is 354 g/mol. The van der Waals surface area contributed by atoms with Gasteiger partial charge in [-0.3, -0.25) is 14.5 Å². The van der Waals surface area contributed by atoms with E-state index in [1.807, 2.05) is 67.0 Å². The number of likely N-dealkylation sites (N-methyl/N-ethyl adjacent to an activating group) is 1. The van der Waals surface area contributed by atoms with Crippen molar-refractivity contribution in [1.82, 2.24) is 24.5 Å². The Morgan fingerprint density at radius 3 is 2.29 bits per heavy atom. The number of rotatable bonds is 6. The summed E-state index contributed by atoms with van der Waals surface area (Å²) in [5.41, 5.74) is 2.34. The van der Waals surface area contributed by atoms with Crippen LogP contribution < -0.4 is 0 Å². The maximum absolute atomic E-state index is 12.9. The van der Waals surface area contributed by atoms with Crippen LogP contribution in [-0.2, 0) is 4.79 Å². The quantitative estimate of drug-likeness (QED) is 0.763. The number of hydrogen-bond acceptors (Lipinski definition) is 4. The molecule has 0 radical (unpaired) electrons. The molecule has 28 heavy (non-hydrogen) atoms. The van der Waals surface area contributed by atoms with Crippen LogP contribution in [0.1, 0.15) is 30.0 Å². The number of piperazine rings is 1. The van der Waals surface area contributed by atoms with Gasteiger partial charge in [-0.1, -0.05) is 18.2 Å². The maximum Gasteiger partial charge on any atom is 0.274 e. The third kappa shape index (κ3) is 4.42. The van der Waals surface area contributed by atoms with Crippen LogP contribution in [0.3, 0.4) is 0 Å². The highest BCUT2D eigenvalue weighted by molar-refractivity contribution is 5.92. The molecular formula is C21H29N5O2. The summed E-state index contributed by atoms with van der Waals surface area (Å²) < 4.78 is 1.80. The van der Waals surface area contributed by atoms with Gasteiger partial charge in [0.05, 0.1) is 12.2 Å². The van der Waals surface area contributed by atoms with E-state index in [9.17, 15) is 9.59 Å². The molecule has 150 valence electrons. The molecule has 7 nitrogen and oxygen atoms in total. The van der Waals surface area contributed by atoms with Crippen LogP contribution in [0.15, 0.2) is 36.4 Å². The van der Waals surface area contributed by atoms with E-state index in [4.69, 9.17) is 0 Å². The standard InChI is InChI=1S/C21H29N5O2/c1-4-24(5-2)20(27)16-23-11-13-25(14-12-23)21(28)19-15-17(3)26(22-19)18-9-7-6-8-10-18/h6-10,15H,4-5,11-14,16H2,1-3H3. The third-order valence-corrected chi connectivity index (χ3v) is 5.24. The Labute approximate surface area is 166 Å². The van der Waals surface area contributed by atoms with E-state index in [0.717, 1.165) is 24.5 Å². The second-order valence-corrected chi connectivity index (χ2v) is 7.05. The lowest BCUT2D eigenvalue weighted by molar-refractivity contribution is -0.132. The molecule has 2 heterocycles. The van der Waals surface area contributed by atoms with E-state index in [1.54, 1.807) is 4.68 Å². The molecule has 1 aromatic carbocycles. The molecule has 0 saturated carbocycles. The lowest BCUT2D eigenvalue weighted by atomic mass is 10.2. The number of aromatic nitrogens is 2. The summed E-state index contributed by atoms with van der Waals surface area (Å²) in [6, 6.07) is 11.7. The van der Waals surface area contributed by atoms with E-state index in [0.29, 0.717) is 38.4 Å². The van der Waals surface area contributed by atoms with E-state index in [-0.39, 0.29) is 11.8 Å². The van der Waals surface area contributed by atoms with E-state index in [1.165, 1.54) is 0 Å². The van der Waals surface area contributed by atoms with Crippen molar-refractivity contribution >= 4 is 11.8 Å². The zero-order chi connectivity index (χ0) is 20.1. The molecule has 0 spiro atoms. The summed E-state index contributed by atoms with van der Waals surface area (Å²) >= 11 is 0. The molecule has 0 bridgehead atoms. The summed E-state index contributed by atoms with van der Waals surface area (Å²) in [4.78, 5) is 31.0. The van der Waals surface area contributed by atoms with Gasteiger partial charge in [0.2, 0.25) is 5.91 Å². The van der Waals surface area contributed by atoms with Crippen LogP contribution in [0, 0.1) is 6.92 Å². The summed E-state index contributed by atoms with van der Waals surface area (Å²) in [7, 11) is 0. The molecule has 1 aliphatic rings. The van der Waals surface area contributed by atoms with Gasteiger partial charge in [-0.2, -0.15) is 5.10 Å². The molecule has 0 N–H and O–H groups in total. The number of carbonyl (C=O) groups excluding carboxylic acids is 2. The fourth-order valence-electron chi connectivity index (χ4n) is 3.55. The third-order valence-electron chi connectivity index (χ3n) is 5.24. The fourth-order valence-corrected chi connectivity index (χ4v) is 3.55. The predicted octanol–water partition coefficient (Wildman–Crippen LogP) is 1.81. The molecule has 1 aliphatic heterocycles. The van der Waals surface area contributed by atoms with Gasteiger partial charge in [-0.15, -0.1) is 0 Å². The first-order valence-electron chi connectivity index (χ1n) is 9.95. The first-order chi connectivity index (χ1) is 13.5. The van der Waals surface area contributed by atoms with Crippen LogP contribution in [-0.4, -0.2) is 82.1 Å². The molecule has 1 saturated heterocycles. The summed E-state index contributed by atoms with van der Waals surface area (Å²) in [6.07, 6.45) is 0. The number of carbonyl (C=O) groups is 2. The Morgan fingerprint density at radius 2 is 1.68 bits per heavy atom. The normalized spacial score (nSPS) is 14.9. The first-order valence-corrected chi connectivity index (χ1v) is 9.95. The molecule has 1 fully saturated rings. The second kappa shape index (κ2) is 9.01. The van der Waals surface area contributed by atoms with Crippen molar-refractivity contribution in [3.63, 3.8) is 0 Å².